The molecule has 0 bridgehead atoms. The molecule has 1 saturated heterocycles. The monoisotopic (exact) mass is 352 g/mol. The van der Waals surface area contributed by atoms with E-state index in [1.807, 2.05) is 12.1 Å². The van der Waals surface area contributed by atoms with Crippen LogP contribution in [0.2, 0.25) is 5.02 Å². The molecule has 4 nitrogen and oxygen atoms in total. The summed E-state index contributed by atoms with van der Waals surface area (Å²) in [6.45, 7) is 5.63. The van der Waals surface area contributed by atoms with E-state index < -0.39 is 6.41 Å². The van der Waals surface area contributed by atoms with Crippen LogP contribution in [0, 0.1) is 5.92 Å². The van der Waals surface area contributed by atoms with Gasteiger partial charge >= 0.3 is 0 Å². The molecule has 1 aromatic carbocycles. The molecule has 2 atom stereocenters. The van der Waals surface area contributed by atoms with Gasteiger partial charge in [-0.15, -0.1) is 0 Å². The lowest BCUT2D eigenvalue weighted by Crippen LogP contribution is -2.51. The number of aliphatic hydroxyl groups is 1. The van der Waals surface area contributed by atoms with E-state index in [1.54, 1.807) is 0 Å². The van der Waals surface area contributed by atoms with Crippen LogP contribution in [0.25, 0.3) is 0 Å². The molecule has 2 fully saturated rings. The minimum Gasteiger partial charge on any atom is -0.356 e. The Morgan fingerprint density at radius 3 is 2.67 bits per heavy atom. The van der Waals surface area contributed by atoms with Crippen molar-refractivity contribution in [3.8, 4) is 0 Å². The van der Waals surface area contributed by atoms with Crippen molar-refractivity contribution in [3.05, 3.63) is 34.9 Å². The molecule has 3 rings (SSSR count). The van der Waals surface area contributed by atoms with Gasteiger partial charge in [-0.2, -0.15) is 0 Å². The zero-order chi connectivity index (χ0) is 17.3. The lowest BCUT2D eigenvalue weighted by atomic mass is 9.68. The molecule has 3 N–H and O–H groups in total. The van der Waals surface area contributed by atoms with Crippen molar-refractivity contribution in [2.45, 2.75) is 63.4 Å². The molecule has 2 aliphatic rings. The highest BCUT2D eigenvalue weighted by Crippen LogP contribution is 2.42. The van der Waals surface area contributed by atoms with E-state index in [-0.39, 0.29) is 5.41 Å². The summed E-state index contributed by atoms with van der Waals surface area (Å²) >= 11 is 6.19. The first-order chi connectivity index (χ1) is 11.5. The van der Waals surface area contributed by atoms with Crippen molar-refractivity contribution < 1.29 is 9.84 Å². The number of nitrogens with zero attached hydrogens (tertiary/aromatic N) is 1. The molecule has 1 unspecified atom stereocenters. The topological polar surface area (TPSA) is 58.7 Å². The summed E-state index contributed by atoms with van der Waals surface area (Å²) in [4.78, 5) is 2.18. The second kappa shape index (κ2) is 7.30. The van der Waals surface area contributed by atoms with E-state index >= 15 is 0 Å². The lowest BCUT2D eigenvalue weighted by Gasteiger charge is -2.44. The molecular weight excluding hydrogens is 324 g/mol. The summed E-state index contributed by atoms with van der Waals surface area (Å²) in [6.07, 6.45) is 3.31. The van der Waals surface area contributed by atoms with Crippen molar-refractivity contribution in [2.75, 3.05) is 13.2 Å². The molecule has 1 saturated carbocycles. The Bertz CT molecular complexity index is 558. The van der Waals surface area contributed by atoms with Crippen LogP contribution in [0.1, 0.15) is 45.1 Å². The Labute approximate surface area is 149 Å². The number of rotatable bonds is 4. The quantitative estimate of drug-likeness (QED) is 0.874. The van der Waals surface area contributed by atoms with E-state index in [9.17, 15) is 5.11 Å². The normalized spacial score (nSPS) is 34.8. The number of halogens is 1. The van der Waals surface area contributed by atoms with Gasteiger partial charge in [-0.05, 0) is 49.3 Å². The second-order valence-electron chi connectivity index (χ2n) is 7.64. The predicted molar refractivity (Wildman–Crippen MR) is 96.9 cm³/mol. The Kier molecular flexibility index (Phi) is 5.52. The smallest absolute Gasteiger partial charge is 0.216 e. The Morgan fingerprint density at radius 2 is 2.08 bits per heavy atom. The van der Waals surface area contributed by atoms with E-state index in [0.717, 1.165) is 30.7 Å². The molecule has 0 amide bonds. The van der Waals surface area contributed by atoms with Gasteiger partial charge in [0.25, 0.3) is 0 Å². The predicted octanol–water partition coefficient (Wildman–Crippen LogP) is 3.11. The number of ether oxygens (including phenoxy) is 1. The van der Waals surface area contributed by atoms with E-state index in [0.29, 0.717) is 31.2 Å². The zero-order valence-electron chi connectivity index (χ0n) is 14.6. The number of benzene rings is 1. The van der Waals surface area contributed by atoms with Crippen LogP contribution in [-0.2, 0) is 10.2 Å². The molecule has 0 spiro atoms. The molecule has 0 aromatic heterocycles. The number of aliphatic hydroxyl groups excluding tert-OH is 1. The van der Waals surface area contributed by atoms with Crippen LogP contribution in [0.3, 0.4) is 0 Å². The Hall–Kier alpha value is -0.650. The van der Waals surface area contributed by atoms with Gasteiger partial charge in [0, 0.05) is 29.1 Å². The van der Waals surface area contributed by atoms with E-state index in [1.165, 1.54) is 5.56 Å². The third-order valence-corrected chi connectivity index (χ3v) is 6.22. The van der Waals surface area contributed by atoms with Crippen molar-refractivity contribution in [1.29, 1.82) is 0 Å². The van der Waals surface area contributed by atoms with Crippen LogP contribution in [0.15, 0.2) is 24.3 Å². The molecule has 134 valence electrons. The summed E-state index contributed by atoms with van der Waals surface area (Å²) in [7, 11) is 0. The van der Waals surface area contributed by atoms with Crippen LogP contribution in [0.5, 0.6) is 0 Å². The average Bonchev–Trinajstić information content (AvgIpc) is 2.97. The molecule has 1 aliphatic carbocycles. The summed E-state index contributed by atoms with van der Waals surface area (Å²) < 4.78 is 5.51. The Balaban J connectivity index is 1.74. The van der Waals surface area contributed by atoms with Crippen molar-refractivity contribution in [2.24, 2.45) is 11.7 Å². The van der Waals surface area contributed by atoms with Gasteiger partial charge in [0.1, 0.15) is 0 Å². The number of hydrogen-bond acceptors (Lipinski definition) is 4. The fraction of sp³-hybridized carbons (Fsp3) is 0.684. The van der Waals surface area contributed by atoms with Crippen LogP contribution in [0.4, 0.5) is 0 Å². The standard InChI is InChI=1S/C19H29ClN2O2/c1-13(2)17-11-24-18(23)22(17)16-6-8-19(12-21,9-7-16)14-4-3-5-15(20)10-14/h3-5,10,13,16-18,23H,6-9,11-12,21H2,1-2H3/t16?,17-,18?,19?/m0/s1. The Morgan fingerprint density at radius 1 is 1.38 bits per heavy atom. The molecule has 0 radical (unpaired) electrons. The minimum absolute atomic E-state index is 0.000259. The first kappa shape index (κ1) is 18.2. The summed E-state index contributed by atoms with van der Waals surface area (Å²) in [6, 6.07) is 8.76. The third-order valence-electron chi connectivity index (χ3n) is 5.99. The summed E-state index contributed by atoms with van der Waals surface area (Å²) in [5.41, 5.74) is 7.44. The van der Waals surface area contributed by atoms with Gasteiger partial charge in [0.2, 0.25) is 6.41 Å². The van der Waals surface area contributed by atoms with Crippen molar-refractivity contribution in [3.63, 3.8) is 0 Å². The van der Waals surface area contributed by atoms with Gasteiger partial charge in [-0.1, -0.05) is 37.6 Å². The fourth-order valence-corrected chi connectivity index (χ4v) is 4.58. The van der Waals surface area contributed by atoms with Gasteiger partial charge in [-0.25, -0.2) is 4.90 Å². The van der Waals surface area contributed by atoms with Gasteiger partial charge in [0.05, 0.1) is 6.61 Å². The molecule has 1 aromatic rings. The first-order valence-electron chi connectivity index (χ1n) is 9.00. The van der Waals surface area contributed by atoms with Gasteiger partial charge in [-0.3, -0.25) is 0 Å². The minimum atomic E-state index is -0.765. The van der Waals surface area contributed by atoms with Crippen LogP contribution in [-0.4, -0.2) is 41.7 Å². The van der Waals surface area contributed by atoms with Crippen molar-refractivity contribution in [1.82, 2.24) is 4.90 Å². The highest BCUT2D eigenvalue weighted by Gasteiger charge is 2.44. The van der Waals surface area contributed by atoms with Crippen LogP contribution < -0.4 is 5.73 Å². The fourth-order valence-electron chi connectivity index (χ4n) is 4.39. The molecule has 24 heavy (non-hydrogen) atoms. The maximum Gasteiger partial charge on any atom is 0.216 e. The summed E-state index contributed by atoms with van der Waals surface area (Å²) in [5.74, 6) is 0.469. The van der Waals surface area contributed by atoms with Gasteiger partial charge in [0.15, 0.2) is 0 Å². The highest BCUT2D eigenvalue weighted by molar-refractivity contribution is 6.30. The number of hydrogen-bond donors (Lipinski definition) is 2. The molecule has 1 aliphatic heterocycles. The largest absolute Gasteiger partial charge is 0.356 e. The molecule has 1 heterocycles. The summed E-state index contributed by atoms with van der Waals surface area (Å²) in [5, 5.41) is 11.0. The van der Waals surface area contributed by atoms with E-state index in [2.05, 4.69) is 30.9 Å². The van der Waals surface area contributed by atoms with E-state index in [4.69, 9.17) is 22.1 Å². The average molecular weight is 353 g/mol. The maximum absolute atomic E-state index is 10.3. The highest BCUT2D eigenvalue weighted by atomic mass is 35.5. The van der Waals surface area contributed by atoms with Gasteiger partial charge < -0.3 is 15.6 Å². The zero-order valence-corrected chi connectivity index (χ0v) is 15.4. The SMILES string of the molecule is CC(C)[C@@H]1COC(O)N1C1CCC(CN)(c2cccc(Cl)c2)CC1. The first-order valence-corrected chi connectivity index (χ1v) is 9.38. The maximum atomic E-state index is 10.3. The molecular formula is C19H29ClN2O2. The number of nitrogens with two attached hydrogens (primary N) is 1. The van der Waals surface area contributed by atoms with Crippen molar-refractivity contribution >= 4 is 11.6 Å². The van der Waals surface area contributed by atoms with Crippen LogP contribution >= 0.6 is 11.6 Å². The second-order valence-corrected chi connectivity index (χ2v) is 8.08. The third kappa shape index (κ3) is 3.35. The molecule has 5 heteroatoms. The lowest BCUT2D eigenvalue weighted by molar-refractivity contribution is -0.155.